The zero-order chi connectivity index (χ0) is 14.8. The van der Waals surface area contributed by atoms with Gasteiger partial charge in [0.05, 0.1) is 17.1 Å². The van der Waals surface area contributed by atoms with E-state index in [1.165, 1.54) is 25.7 Å². The number of hydrogen-bond donors (Lipinski definition) is 0. The van der Waals surface area contributed by atoms with Gasteiger partial charge in [0.1, 0.15) is 11.3 Å². The van der Waals surface area contributed by atoms with Crippen molar-refractivity contribution in [2.45, 2.75) is 50.6 Å². The molecule has 1 saturated carbocycles. The Kier molecular flexibility index (Phi) is 4.45. The molecule has 0 saturated heterocycles. The molecular formula is C16H23ClN4. The quantitative estimate of drug-likeness (QED) is 0.791. The molecule has 0 radical (unpaired) electrons. The lowest BCUT2D eigenvalue weighted by molar-refractivity contribution is 0.236. The molecule has 2 aromatic heterocycles. The minimum absolute atomic E-state index is 0.0887. The summed E-state index contributed by atoms with van der Waals surface area (Å²) in [7, 11) is 2.24. The molecule has 1 aliphatic rings. The molecular weight excluding hydrogens is 284 g/mol. The summed E-state index contributed by atoms with van der Waals surface area (Å²) in [5.41, 5.74) is 2.07. The van der Waals surface area contributed by atoms with E-state index < -0.39 is 0 Å². The van der Waals surface area contributed by atoms with Crippen LogP contribution in [0.15, 0.2) is 18.5 Å². The van der Waals surface area contributed by atoms with Gasteiger partial charge < -0.3 is 9.47 Å². The Morgan fingerprint density at radius 3 is 2.90 bits per heavy atom. The highest BCUT2D eigenvalue weighted by Gasteiger charge is 2.20. The van der Waals surface area contributed by atoms with E-state index in [0.717, 1.165) is 36.0 Å². The molecule has 0 N–H and O–H groups in total. The third kappa shape index (κ3) is 3.06. The fourth-order valence-electron chi connectivity index (χ4n) is 3.32. The van der Waals surface area contributed by atoms with Crippen molar-refractivity contribution in [1.82, 2.24) is 19.4 Å². The van der Waals surface area contributed by atoms with E-state index in [2.05, 4.69) is 26.5 Å². The van der Waals surface area contributed by atoms with Gasteiger partial charge in [0.15, 0.2) is 0 Å². The molecule has 1 aliphatic carbocycles. The van der Waals surface area contributed by atoms with Crippen molar-refractivity contribution in [3.8, 4) is 0 Å². The molecule has 0 amide bonds. The summed E-state index contributed by atoms with van der Waals surface area (Å²) in [4.78, 5) is 11.3. The summed E-state index contributed by atoms with van der Waals surface area (Å²) in [5.74, 6) is 0.944. The summed E-state index contributed by atoms with van der Waals surface area (Å²) in [6.45, 7) is 3.95. The summed E-state index contributed by atoms with van der Waals surface area (Å²) in [6, 6.07) is 2.78. The number of likely N-dealkylation sites (N-methyl/N-ethyl adjacent to an activating group) is 1. The van der Waals surface area contributed by atoms with Crippen LogP contribution in [0.1, 0.15) is 43.8 Å². The first-order valence-electron chi connectivity index (χ1n) is 7.81. The molecule has 21 heavy (non-hydrogen) atoms. The van der Waals surface area contributed by atoms with Gasteiger partial charge in [-0.25, -0.2) is 4.98 Å². The summed E-state index contributed by atoms with van der Waals surface area (Å²) in [6.07, 6.45) is 9.06. The highest BCUT2D eigenvalue weighted by molar-refractivity contribution is 6.20. The van der Waals surface area contributed by atoms with E-state index >= 15 is 0 Å². The number of aromatic nitrogens is 3. The minimum atomic E-state index is -0.0887. The van der Waals surface area contributed by atoms with Crippen LogP contribution in [0, 0.1) is 0 Å². The summed E-state index contributed by atoms with van der Waals surface area (Å²) in [5, 5.41) is -0.0887. The van der Waals surface area contributed by atoms with Gasteiger partial charge in [-0.1, -0.05) is 12.8 Å². The molecule has 0 aromatic carbocycles. The van der Waals surface area contributed by atoms with Gasteiger partial charge in [0.25, 0.3) is 0 Å². The molecule has 114 valence electrons. The van der Waals surface area contributed by atoms with Crippen LogP contribution in [-0.2, 0) is 6.54 Å². The average molecular weight is 307 g/mol. The topological polar surface area (TPSA) is 34.0 Å². The van der Waals surface area contributed by atoms with E-state index in [9.17, 15) is 0 Å². The number of rotatable bonds is 5. The molecule has 0 aliphatic heterocycles. The number of halogens is 1. The average Bonchev–Trinajstić information content (AvgIpc) is 3.12. The van der Waals surface area contributed by atoms with Gasteiger partial charge in [-0.3, -0.25) is 4.98 Å². The van der Waals surface area contributed by atoms with Crippen LogP contribution in [0.2, 0.25) is 0 Å². The van der Waals surface area contributed by atoms with Crippen LogP contribution >= 0.6 is 11.6 Å². The maximum Gasteiger partial charge on any atom is 0.127 e. The van der Waals surface area contributed by atoms with Crippen molar-refractivity contribution in [3.05, 3.63) is 24.3 Å². The molecule has 1 fully saturated rings. The second kappa shape index (κ2) is 6.32. The number of alkyl halides is 1. The Morgan fingerprint density at radius 1 is 1.43 bits per heavy atom. The molecule has 5 heteroatoms. The second-order valence-electron chi connectivity index (χ2n) is 6.02. The molecule has 0 spiro atoms. The SMILES string of the molecule is CC(Cl)c1nc2cnccc2n1CCN(C)C1CCCC1. The Morgan fingerprint density at radius 2 is 2.19 bits per heavy atom. The van der Waals surface area contributed by atoms with Crippen molar-refractivity contribution in [2.75, 3.05) is 13.6 Å². The van der Waals surface area contributed by atoms with Crippen LogP contribution in [0.3, 0.4) is 0 Å². The van der Waals surface area contributed by atoms with E-state index in [4.69, 9.17) is 11.6 Å². The first-order chi connectivity index (χ1) is 10.2. The molecule has 3 rings (SSSR count). The molecule has 1 unspecified atom stereocenters. The van der Waals surface area contributed by atoms with Crippen molar-refractivity contribution >= 4 is 22.6 Å². The zero-order valence-corrected chi connectivity index (χ0v) is 13.6. The normalized spacial score (nSPS) is 17.9. The van der Waals surface area contributed by atoms with E-state index in [0.29, 0.717) is 0 Å². The number of fused-ring (bicyclic) bond motifs is 1. The van der Waals surface area contributed by atoms with Crippen molar-refractivity contribution < 1.29 is 0 Å². The van der Waals surface area contributed by atoms with Crippen LogP contribution in [0.5, 0.6) is 0 Å². The van der Waals surface area contributed by atoms with Crippen LogP contribution < -0.4 is 0 Å². The number of imidazole rings is 1. The maximum atomic E-state index is 6.30. The number of nitrogens with zero attached hydrogens (tertiary/aromatic N) is 4. The van der Waals surface area contributed by atoms with Crippen molar-refractivity contribution in [1.29, 1.82) is 0 Å². The first kappa shape index (κ1) is 14.8. The number of hydrogen-bond acceptors (Lipinski definition) is 3. The summed E-state index contributed by atoms with van der Waals surface area (Å²) >= 11 is 6.30. The lowest BCUT2D eigenvalue weighted by Gasteiger charge is -2.24. The lowest BCUT2D eigenvalue weighted by atomic mass is 10.2. The summed E-state index contributed by atoms with van der Waals surface area (Å²) < 4.78 is 2.25. The Bertz CT molecular complexity index is 601. The monoisotopic (exact) mass is 306 g/mol. The molecule has 4 nitrogen and oxygen atoms in total. The fraction of sp³-hybridized carbons (Fsp3) is 0.625. The number of pyridine rings is 1. The van der Waals surface area contributed by atoms with Crippen molar-refractivity contribution in [3.63, 3.8) is 0 Å². The largest absolute Gasteiger partial charge is 0.325 e. The predicted octanol–water partition coefficient (Wildman–Crippen LogP) is 3.61. The molecule has 2 heterocycles. The standard InChI is InChI=1S/C16H23ClN4/c1-12(17)16-19-14-11-18-8-7-15(14)21(16)10-9-20(2)13-5-3-4-6-13/h7-8,11-13H,3-6,9-10H2,1-2H3. The van der Waals surface area contributed by atoms with Gasteiger partial charge >= 0.3 is 0 Å². The third-order valence-corrected chi connectivity index (χ3v) is 4.76. The molecule has 2 aromatic rings. The molecule has 1 atom stereocenters. The smallest absolute Gasteiger partial charge is 0.127 e. The van der Waals surface area contributed by atoms with Gasteiger partial charge in [-0.2, -0.15) is 0 Å². The zero-order valence-electron chi connectivity index (χ0n) is 12.8. The second-order valence-corrected chi connectivity index (χ2v) is 6.68. The minimum Gasteiger partial charge on any atom is -0.325 e. The van der Waals surface area contributed by atoms with E-state index in [1.807, 2.05) is 25.4 Å². The highest BCUT2D eigenvalue weighted by atomic mass is 35.5. The van der Waals surface area contributed by atoms with Gasteiger partial charge in [-0.05, 0) is 32.9 Å². The lowest BCUT2D eigenvalue weighted by Crippen LogP contribution is -2.32. The third-order valence-electron chi connectivity index (χ3n) is 4.56. The Labute approximate surface area is 131 Å². The van der Waals surface area contributed by atoms with E-state index in [-0.39, 0.29) is 5.38 Å². The predicted molar refractivity (Wildman–Crippen MR) is 86.7 cm³/mol. The van der Waals surface area contributed by atoms with Gasteiger partial charge in [0, 0.05) is 25.3 Å². The van der Waals surface area contributed by atoms with Gasteiger partial charge in [-0.15, -0.1) is 11.6 Å². The maximum absolute atomic E-state index is 6.30. The van der Waals surface area contributed by atoms with E-state index in [1.54, 1.807) is 0 Å². The highest BCUT2D eigenvalue weighted by Crippen LogP contribution is 2.25. The van der Waals surface area contributed by atoms with Crippen LogP contribution in [-0.4, -0.2) is 39.1 Å². The van der Waals surface area contributed by atoms with Crippen LogP contribution in [0.25, 0.3) is 11.0 Å². The Balaban J connectivity index is 1.80. The fourth-order valence-corrected chi connectivity index (χ4v) is 3.49. The van der Waals surface area contributed by atoms with Crippen molar-refractivity contribution in [2.24, 2.45) is 0 Å². The molecule has 0 bridgehead atoms. The first-order valence-corrected chi connectivity index (χ1v) is 8.25. The Hall–Kier alpha value is -1.13. The van der Waals surface area contributed by atoms with Crippen LogP contribution in [0.4, 0.5) is 0 Å². The van der Waals surface area contributed by atoms with Gasteiger partial charge in [0.2, 0.25) is 0 Å².